The first kappa shape index (κ1) is 22.2. The minimum atomic E-state index is -3.14. The summed E-state index contributed by atoms with van der Waals surface area (Å²) >= 11 is 13.8. The molecule has 0 bridgehead atoms. The van der Waals surface area contributed by atoms with E-state index < -0.39 is 10.0 Å². The largest absolute Gasteiger partial charge is 0.354 e. The summed E-state index contributed by atoms with van der Waals surface area (Å²) in [7, 11) is -3.14. The molecule has 3 rings (SSSR count). The van der Waals surface area contributed by atoms with Crippen LogP contribution >= 0.6 is 35.0 Å². The maximum atomic E-state index is 12.5. The highest BCUT2D eigenvalue weighted by atomic mass is 35.5. The van der Waals surface area contributed by atoms with E-state index in [0.717, 1.165) is 5.56 Å². The van der Waals surface area contributed by atoms with Gasteiger partial charge in [-0.1, -0.05) is 29.3 Å². The summed E-state index contributed by atoms with van der Waals surface area (Å²) in [5, 5.41) is 7.61. The number of piperidine rings is 1. The van der Waals surface area contributed by atoms with Gasteiger partial charge in [-0.15, -0.1) is 11.8 Å². The molecule has 2 aliphatic rings. The second kappa shape index (κ2) is 9.10. The van der Waals surface area contributed by atoms with Gasteiger partial charge in [0, 0.05) is 35.4 Å². The first-order valence-corrected chi connectivity index (χ1v) is 12.7. The van der Waals surface area contributed by atoms with Gasteiger partial charge in [0.2, 0.25) is 15.9 Å². The van der Waals surface area contributed by atoms with Gasteiger partial charge in [-0.25, -0.2) is 12.7 Å². The van der Waals surface area contributed by atoms with E-state index in [-0.39, 0.29) is 22.6 Å². The molecule has 2 saturated heterocycles. The molecule has 2 aliphatic heterocycles. The van der Waals surface area contributed by atoms with Crippen molar-refractivity contribution in [2.75, 3.05) is 31.1 Å². The van der Waals surface area contributed by atoms with Gasteiger partial charge in [-0.2, -0.15) is 0 Å². The van der Waals surface area contributed by atoms with Crippen molar-refractivity contribution in [1.82, 2.24) is 14.9 Å². The Bertz CT molecular complexity index is 827. The van der Waals surface area contributed by atoms with Gasteiger partial charge in [0.1, 0.15) is 0 Å². The van der Waals surface area contributed by atoms with Crippen molar-refractivity contribution in [1.29, 1.82) is 0 Å². The predicted octanol–water partition coefficient (Wildman–Crippen LogP) is 2.50. The van der Waals surface area contributed by atoms with Crippen LogP contribution in [0.4, 0.5) is 0 Å². The monoisotopic (exact) mass is 465 g/mol. The Morgan fingerprint density at radius 2 is 2.07 bits per heavy atom. The van der Waals surface area contributed by atoms with Crippen molar-refractivity contribution in [2.24, 2.45) is 0 Å². The SMILES string of the molecule is CCS(=O)(=O)N1CCC2(CC1)NC(C(=O)NCCc1ccc(Cl)cc1Cl)CS2. The van der Waals surface area contributed by atoms with E-state index in [4.69, 9.17) is 23.2 Å². The summed E-state index contributed by atoms with van der Waals surface area (Å²) in [4.78, 5) is 12.3. The molecule has 1 aromatic rings. The Balaban J connectivity index is 1.47. The molecule has 1 atom stereocenters. The Kier molecular flexibility index (Phi) is 7.21. The van der Waals surface area contributed by atoms with Crippen LogP contribution in [-0.4, -0.2) is 60.7 Å². The molecule has 6 nitrogen and oxygen atoms in total. The molecule has 0 aromatic heterocycles. The van der Waals surface area contributed by atoms with Crippen molar-refractivity contribution in [3.63, 3.8) is 0 Å². The maximum Gasteiger partial charge on any atom is 0.238 e. The highest BCUT2D eigenvalue weighted by Crippen LogP contribution is 2.39. The highest BCUT2D eigenvalue weighted by molar-refractivity contribution is 8.01. The second-order valence-corrected chi connectivity index (χ2v) is 11.6. The van der Waals surface area contributed by atoms with Crippen molar-refractivity contribution in [3.8, 4) is 0 Å². The molecule has 0 saturated carbocycles. The Labute approximate surface area is 180 Å². The molecule has 2 heterocycles. The molecule has 2 fully saturated rings. The quantitative estimate of drug-likeness (QED) is 0.674. The van der Waals surface area contributed by atoms with Crippen LogP contribution in [0.25, 0.3) is 0 Å². The Morgan fingerprint density at radius 3 is 2.71 bits per heavy atom. The van der Waals surface area contributed by atoms with Gasteiger partial charge in [0.05, 0.1) is 16.7 Å². The number of carbonyl (C=O) groups excluding carboxylic acids is 1. The summed E-state index contributed by atoms with van der Waals surface area (Å²) in [5.74, 6) is 0.787. The van der Waals surface area contributed by atoms with Crippen LogP contribution in [0.15, 0.2) is 18.2 Å². The Hall–Kier alpha value is -0.510. The van der Waals surface area contributed by atoms with E-state index in [1.54, 1.807) is 35.1 Å². The molecule has 1 unspecified atom stereocenters. The topological polar surface area (TPSA) is 78.5 Å². The normalized spacial score (nSPS) is 22.5. The third-order valence-electron chi connectivity index (χ3n) is 5.28. The number of halogens is 2. The lowest BCUT2D eigenvalue weighted by Crippen LogP contribution is -2.54. The first-order chi connectivity index (χ1) is 13.2. The fourth-order valence-corrected chi connectivity index (χ4v) is 6.57. The van der Waals surface area contributed by atoms with Crippen molar-refractivity contribution >= 4 is 50.9 Å². The van der Waals surface area contributed by atoms with Crippen molar-refractivity contribution in [2.45, 2.75) is 37.1 Å². The zero-order valence-corrected chi connectivity index (χ0v) is 18.9. The van der Waals surface area contributed by atoms with E-state index in [1.807, 2.05) is 6.07 Å². The fourth-order valence-electron chi connectivity index (χ4n) is 3.55. The molecular formula is C18H25Cl2N3O3S2. The van der Waals surface area contributed by atoms with Crippen LogP contribution in [0.3, 0.4) is 0 Å². The average Bonchev–Trinajstić information content (AvgIpc) is 3.07. The van der Waals surface area contributed by atoms with Gasteiger partial charge < -0.3 is 5.32 Å². The third-order valence-corrected chi connectivity index (χ3v) is 9.32. The predicted molar refractivity (Wildman–Crippen MR) is 116 cm³/mol. The van der Waals surface area contributed by atoms with Gasteiger partial charge in [-0.05, 0) is 43.9 Å². The smallest absolute Gasteiger partial charge is 0.238 e. The number of benzene rings is 1. The molecule has 156 valence electrons. The van der Waals surface area contributed by atoms with Gasteiger partial charge in [0.15, 0.2) is 0 Å². The molecule has 1 aromatic carbocycles. The number of sulfonamides is 1. The first-order valence-electron chi connectivity index (χ1n) is 9.36. The van der Waals surface area contributed by atoms with E-state index in [2.05, 4.69) is 10.6 Å². The third kappa shape index (κ3) is 5.15. The molecule has 1 spiro atoms. The number of hydrogen-bond donors (Lipinski definition) is 2. The summed E-state index contributed by atoms with van der Waals surface area (Å²) in [6.07, 6.45) is 2.05. The average molecular weight is 466 g/mol. The minimum absolute atomic E-state index is 0.0296. The van der Waals surface area contributed by atoms with Gasteiger partial charge >= 0.3 is 0 Å². The summed E-state index contributed by atoms with van der Waals surface area (Å²) in [6, 6.07) is 5.09. The summed E-state index contributed by atoms with van der Waals surface area (Å²) < 4.78 is 25.6. The van der Waals surface area contributed by atoms with E-state index >= 15 is 0 Å². The van der Waals surface area contributed by atoms with Crippen LogP contribution < -0.4 is 10.6 Å². The second-order valence-electron chi connectivity index (χ2n) is 7.08. The highest BCUT2D eigenvalue weighted by Gasteiger charge is 2.45. The molecular weight excluding hydrogens is 441 g/mol. The lowest BCUT2D eigenvalue weighted by atomic mass is 10.0. The molecule has 0 radical (unpaired) electrons. The number of carbonyl (C=O) groups is 1. The molecule has 1 amide bonds. The van der Waals surface area contributed by atoms with E-state index in [1.165, 1.54) is 0 Å². The van der Waals surface area contributed by atoms with Crippen LogP contribution in [0, 0.1) is 0 Å². The molecule has 2 N–H and O–H groups in total. The van der Waals surface area contributed by atoms with E-state index in [0.29, 0.717) is 54.7 Å². The molecule has 28 heavy (non-hydrogen) atoms. The minimum Gasteiger partial charge on any atom is -0.354 e. The number of rotatable bonds is 6. The lowest BCUT2D eigenvalue weighted by molar-refractivity contribution is -0.122. The van der Waals surface area contributed by atoms with E-state index in [9.17, 15) is 13.2 Å². The number of thioether (sulfide) groups is 1. The van der Waals surface area contributed by atoms with Crippen LogP contribution in [-0.2, 0) is 21.2 Å². The zero-order valence-electron chi connectivity index (χ0n) is 15.7. The molecule has 0 aliphatic carbocycles. The number of nitrogens with one attached hydrogen (secondary N) is 2. The van der Waals surface area contributed by atoms with Crippen LogP contribution in [0.1, 0.15) is 25.3 Å². The number of amides is 1. The fraction of sp³-hybridized carbons (Fsp3) is 0.611. The molecule has 10 heteroatoms. The van der Waals surface area contributed by atoms with Gasteiger partial charge in [0.25, 0.3) is 0 Å². The van der Waals surface area contributed by atoms with Crippen LogP contribution in [0.2, 0.25) is 10.0 Å². The number of nitrogens with zero attached hydrogens (tertiary/aromatic N) is 1. The van der Waals surface area contributed by atoms with Crippen molar-refractivity contribution < 1.29 is 13.2 Å². The standard InChI is InChI=1S/C18H25Cl2N3O3S2/c1-2-28(25,26)23-9-6-18(7-10-23)22-16(12-27-18)17(24)21-8-5-13-3-4-14(19)11-15(13)20/h3-4,11,16,22H,2,5-10,12H2,1H3,(H,21,24). The van der Waals surface area contributed by atoms with Gasteiger partial charge in [-0.3, -0.25) is 10.1 Å². The maximum absolute atomic E-state index is 12.5. The lowest BCUT2D eigenvalue weighted by Gasteiger charge is -2.38. The van der Waals surface area contributed by atoms with Crippen molar-refractivity contribution in [3.05, 3.63) is 33.8 Å². The summed E-state index contributed by atoms with van der Waals surface area (Å²) in [6.45, 7) is 3.16. The van der Waals surface area contributed by atoms with Crippen LogP contribution in [0.5, 0.6) is 0 Å². The Morgan fingerprint density at radius 1 is 1.36 bits per heavy atom. The zero-order chi connectivity index (χ0) is 20.4. The summed E-state index contributed by atoms with van der Waals surface area (Å²) in [5.41, 5.74) is 0.945. The number of hydrogen-bond acceptors (Lipinski definition) is 5.